The van der Waals surface area contributed by atoms with Gasteiger partial charge in [-0.1, -0.05) is 35.1 Å². The zero-order valence-electron chi connectivity index (χ0n) is 15.6. The van der Waals surface area contributed by atoms with Crippen molar-refractivity contribution in [2.75, 3.05) is 19.0 Å². The molecule has 28 heavy (non-hydrogen) atoms. The van der Waals surface area contributed by atoms with Gasteiger partial charge in [0.15, 0.2) is 0 Å². The van der Waals surface area contributed by atoms with Crippen molar-refractivity contribution >= 4 is 28.3 Å². The van der Waals surface area contributed by atoms with Gasteiger partial charge in [-0.05, 0) is 37.3 Å². The normalized spacial score (nSPS) is 10.4. The molecule has 0 atom stereocenters. The van der Waals surface area contributed by atoms with Crippen molar-refractivity contribution in [1.29, 1.82) is 0 Å². The summed E-state index contributed by atoms with van der Waals surface area (Å²) in [6.45, 7) is 2.34. The van der Waals surface area contributed by atoms with Crippen LogP contribution in [0.3, 0.4) is 0 Å². The van der Waals surface area contributed by atoms with Crippen molar-refractivity contribution < 1.29 is 14.3 Å². The van der Waals surface area contributed by atoms with E-state index in [2.05, 4.69) is 20.8 Å². The number of anilines is 1. The Morgan fingerprint density at radius 3 is 2.54 bits per heavy atom. The van der Waals surface area contributed by atoms with Crippen molar-refractivity contribution in [1.82, 2.24) is 15.5 Å². The van der Waals surface area contributed by atoms with Crippen LogP contribution in [0.15, 0.2) is 48.5 Å². The molecule has 0 aliphatic carbocycles. The van der Waals surface area contributed by atoms with E-state index in [4.69, 9.17) is 4.74 Å². The Bertz CT molecular complexity index is 987. The number of nitrogens with one attached hydrogen (secondary N) is 2. The fourth-order valence-corrected chi connectivity index (χ4v) is 3.24. The van der Waals surface area contributed by atoms with Gasteiger partial charge in [-0.3, -0.25) is 14.9 Å². The van der Waals surface area contributed by atoms with Crippen LogP contribution in [-0.4, -0.2) is 35.7 Å². The smallest absolute Gasteiger partial charge is 0.257 e. The SMILES string of the molecule is COc1cccc(C(=O)NCCc2nnc(NC(=O)c3cccc(C)c3)s2)c1. The summed E-state index contributed by atoms with van der Waals surface area (Å²) in [6.07, 6.45) is 0.522. The van der Waals surface area contributed by atoms with Gasteiger partial charge in [0.05, 0.1) is 7.11 Å². The average molecular weight is 396 g/mol. The molecule has 0 aliphatic heterocycles. The summed E-state index contributed by atoms with van der Waals surface area (Å²) in [5, 5.41) is 14.8. The lowest BCUT2D eigenvalue weighted by Crippen LogP contribution is -2.25. The zero-order valence-corrected chi connectivity index (χ0v) is 16.4. The van der Waals surface area contributed by atoms with Crippen LogP contribution in [0.5, 0.6) is 5.75 Å². The van der Waals surface area contributed by atoms with E-state index in [0.717, 1.165) is 10.6 Å². The molecule has 0 saturated heterocycles. The highest BCUT2D eigenvalue weighted by molar-refractivity contribution is 7.15. The molecule has 0 unspecified atom stereocenters. The van der Waals surface area contributed by atoms with Crippen molar-refractivity contribution in [2.24, 2.45) is 0 Å². The monoisotopic (exact) mass is 396 g/mol. The molecule has 3 aromatic rings. The minimum absolute atomic E-state index is 0.184. The number of benzene rings is 2. The molecule has 3 rings (SSSR count). The molecule has 8 heteroatoms. The van der Waals surface area contributed by atoms with Gasteiger partial charge < -0.3 is 10.1 Å². The Hall–Kier alpha value is -3.26. The molecule has 2 amide bonds. The molecule has 0 bridgehead atoms. The number of aromatic nitrogens is 2. The highest BCUT2D eigenvalue weighted by Gasteiger charge is 2.11. The van der Waals surface area contributed by atoms with Crippen LogP contribution in [0, 0.1) is 6.92 Å². The Morgan fingerprint density at radius 2 is 1.79 bits per heavy atom. The third-order valence-electron chi connectivity index (χ3n) is 3.92. The molecule has 0 spiro atoms. The second-order valence-corrected chi connectivity index (χ2v) is 7.12. The molecule has 0 saturated carbocycles. The fraction of sp³-hybridized carbons (Fsp3) is 0.200. The van der Waals surface area contributed by atoms with E-state index in [9.17, 15) is 9.59 Å². The molecule has 0 fully saturated rings. The number of nitrogens with zero attached hydrogens (tertiary/aromatic N) is 2. The van der Waals surface area contributed by atoms with E-state index >= 15 is 0 Å². The maximum absolute atomic E-state index is 12.2. The van der Waals surface area contributed by atoms with E-state index in [1.165, 1.54) is 11.3 Å². The van der Waals surface area contributed by atoms with E-state index in [1.807, 2.05) is 25.1 Å². The number of rotatable bonds is 7. The van der Waals surface area contributed by atoms with Gasteiger partial charge in [0.2, 0.25) is 5.13 Å². The Kier molecular flexibility index (Phi) is 6.33. The summed E-state index contributed by atoms with van der Waals surface area (Å²) < 4.78 is 5.12. The third kappa shape index (κ3) is 5.14. The second kappa shape index (κ2) is 9.09. The maximum atomic E-state index is 12.2. The quantitative estimate of drug-likeness (QED) is 0.640. The lowest BCUT2D eigenvalue weighted by atomic mass is 10.1. The standard InChI is InChI=1S/C20H20N4O3S/c1-13-5-3-6-14(11-13)19(26)22-20-24-23-17(28-20)9-10-21-18(25)15-7-4-8-16(12-15)27-2/h3-8,11-12H,9-10H2,1-2H3,(H,21,25)(H,22,24,26). The number of hydrogen-bond donors (Lipinski definition) is 2. The fourth-order valence-electron chi connectivity index (χ4n) is 2.51. The second-order valence-electron chi connectivity index (χ2n) is 6.06. The number of methoxy groups -OCH3 is 1. The predicted molar refractivity (Wildman–Crippen MR) is 108 cm³/mol. The van der Waals surface area contributed by atoms with Crippen LogP contribution in [0.25, 0.3) is 0 Å². The Morgan fingerprint density at radius 1 is 1.04 bits per heavy atom. The number of hydrogen-bond acceptors (Lipinski definition) is 6. The first-order valence-electron chi connectivity index (χ1n) is 8.68. The highest BCUT2D eigenvalue weighted by atomic mass is 32.1. The molecule has 2 N–H and O–H groups in total. The predicted octanol–water partition coefficient (Wildman–Crippen LogP) is 3.08. The summed E-state index contributed by atoms with van der Waals surface area (Å²) in [6, 6.07) is 14.3. The highest BCUT2D eigenvalue weighted by Crippen LogP contribution is 2.17. The average Bonchev–Trinajstić information content (AvgIpc) is 3.15. The van der Waals surface area contributed by atoms with Crippen molar-refractivity contribution in [2.45, 2.75) is 13.3 Å². The third-order valence-corrected chi connectivity index (χ3v) is 4.82. The van der Waals surface area contributed by atoms with Crippen LogP contribution < -0.4 is 15.4 Å². The van der Waals surface area contributed by atoms with Crippen LogP contribution >= 0.6 is 11.3 Å². The summed E-state index contributed by atoms with van der Waals surface area (Å²) >= 11 is 1.29. The summed E-state index contributed by atoms with van der Waals surface area (Å²) in [4.78, 5) is 24.4. The first-order valence-corrected chi connectivity index (χ1v) is 9.49. The van der Waals surface area contributed by atoms with Crippen molar-refractivity contribution in [3.8, 4) is 5.75 Å². The topological polar surface area (TPSA) is 93.2 Å². The summed E-state index contributed by atoms with van der Waals surface area (Å²) in [7, 11) is 1.56. The van der Waals surface area contributed by atoms with Crippen LogP contribution in [0.4, 0.5) is 5.13 Å². The lowest BCUT2D eigenvalue weighted by molar-refractivity contribution is 0.0953. The molecule has 1 heterocycles. The van der Waals surface area contributed by atoms with Crippen molar-refractivity contribution in [3.63, 3.8) is 0 Å². The van der Waals surface area contributed by atoms with E-state index in [-0.39, 0.29) is 11.8 Å². The number of ether oxygens (including phenoxy) is 1. The van der Waals surface area contributed by atoms with Gasteiger partial charge in [0.1, 0.15) is 10.8 Å². The Labute approximate surface area is 166 Å². The largest absolute Gasteiger partial charge is 0.497 e. The first kappa shape index (κ1) is 19.5. The zero-order chi connectivity index (χ0) is 19.9. The van der Waals surface area contributed by atoms with Crippen LogP contribution in [-0.2, 0) is 6.42 Å². The van der Waals surface area contributed by atoms with Gasteiger partial charge in [-0.2, -0.15) is 0 Å². The van der Waals surface area contributed by atoms with Crippen molar-refractivity contribution in [3.05, 3.63) is 70.2 Å². The molecular weight excluding hydrogens is 376 g/mol. The number of aryl methyl sites for hydroxylation is 1. The maximum Gasteiger partial charge on any atom is 0.257 e. The Balaban J connectivity index is 1.50. The molecule has 7 nitrogen and oxygen atoms in total. The first-order chi connectivity index (χ1) is 13.5. The minimum Gasteiger partial charge on any atom is -0.497 e. The van der Waals surface area contributed by atoms with E-state index in [0.29, 0.717) is 35.0 Å². The van der Waals surface area contributed by atoms with E-state index in [1.54, 1.807) is 37.4 Å². The van der Waals surface area contributed by atoms with E-state index < -0.39 is 0 Å². The number of carbonyl (C=O) groups excluding carboxylic acids is 2. The number of carbonyl (C=O) groups is 2. The molecule has 144 valence electrons. The lowest BCUT2D eigenvalue weighted by Gasteiger charge is -2.05. The molecule has 0 aliphatic rings. The van der Waals surface area contributed by atoms with Crippen LogP contribution in [0.1, 0.15) is 31.3 Å². The van der Waals surface area contributed by atoms with Gasteiger partial charge in [0, 0.05) is 24.1 Å². The van der Waals surface area contributed by atoms with Crippen LogP contribution in [0.2, 0.25) is 0 Å². The summed E-state index contributed by atoms with van der Waals surface area (Å²) in [5.41, 5.74) is 2.11. The van der Waals surface area contributed by atoms with Gasteiger partial charge in [-0.25, -0.2) is 0 Å². The molecular formula is C20H20N4O3S. The van der Waals surface area contributed by atoms with Gasteiger partial charge in [-0.15, -0.1) is 10.2 Å². The number of amides is 2. The molecule has 2 aromatic carbocycles. The molecule has 0 radical (unpaired) electrons. The minimum atomic E-state index is -0.224. The van der Waals surface area contributed by atoms with Gasteiger partial charge in [0.25, 0.3) is 11.8 Å². The summed E-state index contributed by atoms with van der Waals surface area (Å²) in [5.74, 6) is 0.222. The van der Waals surface area contributed by atoms with Gasteiger partial charge >= 0.3 is 0 Å². The molecule has 1 aromatic heterocycles.